The zero-order valence-electron chi connectivity index (χ0n) is 41.3. The molecule has 10 rings (SSSR count). The molecule has 1 aromatic heterocycles. The van der Waals surface area contributed by atoms with Crippen molar-refractivity contribution in [2.45, 2.75) is 0 Å². The van der Waals surface area contributed by atoms with Crippen molar-refractivity contribution in [3.63, 3.8) is 0 Å². The first-order valence-electron chi connectivity index (χ1n) is 23.6. The lowest BCUT2D eigenvalue weighted by molar-refractivity contribution is 0.669. The Morgan fingerprint density at radius 1 is 0.273 bits per heavy atom. The van der Waals surface area contributed by atoms with Gasteiger partial charge in [-0.2, -0.15) is 0 Å². The quantitative estimate of drug-likeness (QED) is 0.155. The standard InChI is InChI=1S/C50H47B14NO/c51-37-32(39(53)41(55)36-35(37)44(58)49(63)50(64)45(36)59)22-9-16-26(17-10-22)65(24-12-5-20(6-13-24)23-11-18-30-28(19-23)27-3-1-2-4-29(27)66-30)25-14-7-21(8-15-25)31-33-34(42(56)46(60)38(31)52)43(57)48(62)47(61)40(33)54/h1-19H,51-64H2. The predicted molar refractivity (Wildman–Crippen MR) is 334 cm³/mol. The third-order valence-electron chi connectivity index (χ3n) is 16.2. The van der Waals surface area contributed by atoms with Gasteiger partial charge < -0.3 is 9.32 Å². The summed E-state index contributed by atoms with van der Waals surface area (Å²) in [6.07, 6.45) is 0. The van der Waals surface area contributed by atoms with E-state index in [0.29, 0.717) is 0 Å². The maximum atomic E-state index is 6.17. The highest BCUT2D eigenvalue weighted by atomic mass is 16.3. The van der Waals surface area contributed by atoms with Crippen molar-refractivity contribution < 1.29 is 4.42 Å². The van der Waals surface area contributed by atoms with Gasteiger partial charge in [-0.15, -0.1) is 27.3 Å². The van der Waals surface area contributed by atoms with E-state index in [1.54, 1.807) is 0 Å². The monoisotopic (exact) mass is 831 g/mol. The molecule has 16 heteroatoms. The molecule has 0 aliphatic carbocycles. The average molecular weight is 829 g/mol. The van der Waals surface area contributed by atoms with Crippen LogP contribution in [0.2, 0.25) is 0 Å². The van der Waals surface area contributed by atoms with Crippen molar-refractivity contribution in [2.24, 2.45) is 0 Å². The van der Waals surface area contributed by atoms with Crippen molar-refractivity contribution in [1.82, 2.24) is 0 Å². The molecule has 2 nitrogen and oxygen atoms in total. The molecule has 300 valence electrons. The molecule has 9 aromatic carbocycles. The summed E-state index contributed by atoms with van der Waals surface area (Å²) in [5, 5.41) is 7.90. The van der Waals surface area contributed by atoms with Gasteiger partial charge in [0.15, 0.2) is 0 Å². The number of nitrogens with zero attached hydrogens (tertiary/aromatic N) is 1. The Balaban J connectivity index is 1.11. The van der Waals surface area contributed by atoms with E-state index in [-0.39, 0.29) is 0 Å². The lowest BCUT2D eigenvalue weighted by atomic mass is 9.58. The second-order valence-electron chi connectivity index (χ2n) is 19.3. The molecule has 0 radical (unpaired) electrons. The average Bonchev–Trinajstić information content (AvgIpc) is 3.71. The summed E-state index contributed by atoms with van der Waals surface area (Å²) < 4.78 is 6.17. The Kier molecular flexibility index (Phi) is 10.9. The summed E-state index contributed by atoms with van der Waals surface area (Å²) in [4.78, 5) is 2.41. The van der Waals surface area contributed by atoms with Crippen LogP contribution < -0.4 is 81.4 Å². The molecule has 0 saturated carbocycles. The predicted octanol–water partition coefficient (Wildman–Crippen LogP) is -10.0. The third-order valence-corrected chi connectivity index (χ3v) is 16.2. The van der Waals surface area contributed by atoms with Crippen LogP contribution in [0.1, 0.15) is 0 Å². The van der Waals surface area contributed by atoms with Gasteiger partial charge in [0, 0.05) is 27.8 Å². The molecule has 0 aliphatic heterocycles. The number of hydrogen-bond acceptors (Lipinski definition) is 2. The van der Waals surface area contributed by atoms with Crippen LogP contribution in [0.3, 0.4) is 0 Å². The molecular formula is C50H47B14NO. The number of para-hydroxylation sites is 1. The summed E-state index contributed by atoms with van der Waals surface area (Å²) in [7, 11) is 32.2. The Hall–Kier alpha value is -5.99. The summed E-state index contributed by atoms with van der Waals surface area (Å²) in [5.41, 5.74) is 32.0. The van der Waals surface area contributed by atoms with E-state index < -0.39 is 0 Å². The van der Waals surface area contributed by atoms with Crippen LogP contribution in [0.15, 0.2) is 120 Å². The van der Waals surface area contributed by atoms with Gasteiger partial charge in [0.25, 0.3) is 0 Å². The highest BCUT2D eigenvalue weighted by Crippen LogP contribution is 2.39. The van der Waals surface area contributed by atoms with Gasteiger partial charge in [-0.25, -0.2) is 0 Å². The Labute approximate surface area is 402 Å². The van der Waals surface area contributed by atoms with E-state index in [4.69, 9.17) is 4.42 Å². The first kappa shape index (κ1) is 43.9. The van der Waals surface area contributed by atoms with E-state index in [1.165, 1.54) is 131 Å². The van der Waals surface area contributed by atoms with Crippen LogP contribution in [0.25, 0.3) is 76.9 Å². The minimum atomic E-state index is 0.911. The van der Waals surface area contributed by atoms with E-state index in [1.807, 2.05) is 12.1 Å². The Morgan fingerprint density at radius 3 is 1.17 bits per heavy atom. The molecule has 0 amide bonds. The van der Waals surface area contributed by atoms with Crippen molar-refractivity contribution in [3.05, 3.63) is 115 Å². The van der Waals surface area contributed by atoms with Gasteiger partial charge in [-0.05, 0) is 110 Å². The molecule has 66 heavy (non-hydrogen) atoms. The molecule has 0 N–H and O–H groups in total. The number of rotatable bonds is 6. The van der Waals surface area contributed by atoms with Crippen LogP contribution in [-0.2, 0) is 0 Å². The number of furan rings is 1. The minimum Gasteiger partial charge on any atom is -0.456 e. The molecule has 0 saturated heterocycles. The largest absolute Gasteiger partial charge is 0.456 e. The minimum absolute atomic E-state index is 0.911. The summed E-state index contributed by atoms with van der Waals surface area (Å²) in [5.74, 6) is 0. The summed E-state index contributed by atoms with van der Waals surface area (Å²) in [6, 6.07) is 42.5. The third kappa shape index (κ3) is 6.68. The fraction of sp³-hybridized carbons (Fsp3) is 0. The zero-order valence-corrected chi connectivity index (χ0v) is 41.3. The Bertz CT molecular complexity index is 3670. The molecule has 0 fully saturated rings. The zero-order chi connectivity index (χ0) is 46.6. The van der Waals surface area contributed by atoms with Crippen LogP contribution in [0.5, 0.6) is 0 Å². The topological polar surface area (TPSA) is 16.4 Å². The van der Waals surface area contributed by atoms with Crippen molar-refractivity contribution >= 4 is 247 Å². The van der Waals surface area contributed by atoms with Gasteiger partial charge in [0.2, 0.25) is 0 Å². The maximum Gasteiger partial charge on any atom is 0.140 e. The van der Waals surface area contributed by atoms with Crippen molar-refractivity contribution in [2.75, 3.05) is 4.90 Å². The van der Waals surface area contributed by atoms with Crippen LogP contribution in [-0.4, -0.2) is 110 Å². The van der Waals surface area contributed by atoms with Gasteiger partial charge in [-0.1, -0.05) is 110 Å². The van der Waals surface area contributed by atoms with Gasteiger partial charge >= 0.3 is 0 Å². The molecule has 0 aliphatic rings. The van der Waals surface area contributed by atoms with E-state index in [2.05, 4.69) is 218 Å². The van der Waals surface area contributed by atoms with Crippen LogP contribution >= 0.6 is 0 Å². The van der Waals surface area contributed by atoms with Gasteiger partial charge in [-0.3, -0.25) is 0 Å². The molecular weight excluding hydrogens is 782 g/mol. The van der Waals surface area contributed by atoms with Crippen LogP contribution in [0, 0.1) is 0 Å². The molecule has 0 atom stereocenters. The highest BCUT2D eigenvalue weighted by molar-refractivity contribution is 6.73. The fourth-order valence-electron chi connectivity index (χ4n) is 11.5. The number of benzene rings is 9. The SMILES string of the molecule is Bc1c(B)c(B)c2c(B)c(-c3ccc(N(c4ccc(-c5ccc6oc7ccccc7c6c5)cc4)c4ccc(-c5c(B)c(B)c(B)c6c(B)c(B)c(B)c(B)c56)cc4)cc3)c(B)c(B)c2c1B. The fourth-order valence-corrected chi connectivity index (χ4v) is 11.5. The van der Waals surface area contributed by atoms with Crippen LogP contribution in [0.4, 0.5) is 17.1 Å². The molecule has 0 unspecified atom stereocenters. The number of fused-ring (bicyclic) bond motifs is 5. The smallest absolute Gasteiger partial charge is 0.140 e. The maximum absolute atomic E-state index is 6.17. The first-order valence-corrected chi connectivity index (χ1v) is 23.6. The molecule has 0 spiro atoms. The highest BCUT2D eigenvalue weighted by Gasteiger charge is 2.22. The number of anilines is 3. The van der Waals surface area contributed by atoms with E-state index >= 15 is 0 Å². The van der Waals surface area contributed by atoms with Gasteiger partial charge in [0.05, 0.1) is 0 Å². The Morgan fingerprint density at radius 2 is 0.636 bits per heavy atom. The summed E-state index contributed by atoms with van der Waals surface area (Å²) in [6.45, 7) is 0. The van der Waals surface area contributed by atoms with Crippen molar-refractivity contribution in [1.29, 1.82) is 0 Å². The van der Waals surface area contributed by atoms with Crippen molar-refractivity contribution in [3.8, 4) is 33.4 Å². The lowest BCUT2D eigenvalue weighted by Crippen LogP contribution is -2.52. The lowest BCUT2D eigenvalue weighted by Gasteiger charge is -2.28. The van der Waals surface area contributed by atoms with E-state index in [0.717, 1.165) is 39.0 Å². The molecule has 0 bridgehead atoms. The number of hydrogen-bond donors (Lipinski definition) is 0. The first-order chi connectivity index (χ1) is 31.6. The van der Waals surface area contributed by atoms with E-state index in [9.17, 15) is 0 Å². The van der Waals surface area contributed by atoms with Gasteiger partial charge in [0.1, 0.15) is 121 Å². The normalized spacial score (nSPS) is 11.6. The molecule has 10 aromatic rings. The second-order valence-corrected chi connectivity index (χ2v) is 19.3. The summed E-state index contributed by atoms with van der Waals surface area (Å²) >= 11 is 0. The molecule has 1 heterocycles. The second kappa shape index (κ2) is 16.4.